The predicted molar refractivity (Wildman–Crippen MR) is 90.5 cm³/mol. The molecule has 0 bridgehead atoms. The fourth-order valence-corrected chi connectivity index (χ4v) is 3.15. The van der Waals surface area contributed by atoms with Crippen LogP contribution in [0.4, 0.5) is 8.78 Å². The highest BCUT2D eigenvalue weighted by Crippen LogP contribution is 2.24. The van der Waals surface area contributed by atoms with Gasteiger partial charge >= 0.3 is 0 Å². The Morgan fingerprint density at radius 3 is 2.92 bits per heavy atom. The molecule has 25 heavy (non-hydrogen) atoms. The molecule has 0 aliphatic carbocycles. The van der Waals surface area contributed by atoms with Gasteiger partial charge in [0.15, 0.2) is 0 Å². The maximum atomic E-state index is 13.8. The molecule has 2 heterocycles. The van der Waals surface area contributed by atoms with Crippen LogP contribution in [0.1, 0.15) is 30.5 Å². The Morgan fingerprint density at radius 2 is 2.12 bits per heavy atom. The summed E-state index contributed by atoms with van der Waals surface area (Å²) in [6.07, 6.45) is 3.74. The maximum Gasteiger partial charge on any atom is 0.223 e. The number of pyridine rings is 1. The van der Waals surface area contributed by atoms with Crippen molar-refractivity contribution >= 4 is 5.91 Å². The van der Waals surface area contributed by atoms with Crippen molar-refractivity contribution in [3.05, 3.63) is 65.5 Å². The summed E-state index contributed by atoms with van der Waals surface area (Å²) in [5.41, 5.74) is 1.19. The SMILES string of the molecule is O=C1CC[C@H](CCNCc2ccccn2)N1Cc1cc(F)ccc1F. The molecule has 0 radical (unpaired) electrons. The van der Waals surface area contributed by atoms with Gasteiger partial charge in [0, 0.05) is 37.3 Å². The van der Waals surface area contributed by atoms with Gasteiger partial charge in [0.05, 0.1) is 5.69 Å². The van der Waals surface area contributed by atoms with Crippen LogP contribution in [0.2, 0.25) is 0 Å². The van der Waals surface area contributed by atoms with Crippen LogP contribution >= 0.6 is 0 Å². The second-order valence-electron chi connectivity index (χ2n) is 6.24. The zero-order valence-electron chi connectivity index (χ0n) is 13.9. The summed E-state index contributed by atoms with van der Waals surface area (Å²) in [6.45, 7) is 1.52. The summed E-state index contributed by atoms with van der Waals surface area (Å²) in [4.78, 5) is 18.0. The standard InChI is InChI=1S/C19H21F2N3O/c20-15-4-6-18(21)14(11-15)13-24-17(5-7-19(24)25)8-10-22-12-16-3-1-2-9-23-16/h1-4,6,9,11,17,22H,5,7-8,10,12-13H2/t17-/m1/s1. The topological polar surface area (TPSA) is 45.2 Å². The van der Waals surface area contributed by atoms with Crippen LogP contribution in [0, 0.1) is 11.6 Å². The van der Waals surface area contributed by atoms with Crippen molar-refractivity contribution in [2.45, 2.75) is 38.4 Å². The van der Waals surface area contributed by atoms with E-state index in [0.29, 0.717) is 13.0 Å². The molecule has 0 saturated carbocycles. The quantitative estimate of drug-likeness (QED) is 0.785. The molecule has 2 aromatic rings. The van der Waals surface area contributed by atoms with Crippen molar-refractivity contribution < 1.29 is 13.6 Å². The number of carbonyl (C=O) groups excluding carboxylic acids is 1. The molecule has 1 aliphatic heterocycles. The molecule has 1 amide bonds. The monoisotopic (exact) mass is 345 g/mol. The highest BCUT2D eigenvalue weighted by Gasteiger charge is 2.31. The minimum absolute atomic E-state index is 0.00149. The average molecular weight is 345 g/mol. The lowest BCUT2D eigenvalue weighted by molar-refractivity contribution is -0.129. The van der Waals surface area contributed by atoms with Gasteiger partial charge in [-0.05, 0) is 49.7 Å². The lowest BCUT2D eigenvalue weighted by atomic mass is 10.1. The molecule has 1 atom stereocenters. The van der Waals surface area contributed by atoms with E-state index in [0.717, 1.165) is 43.3 Å². The number of aromatic nitrogens is 1. The van der Waals surface area contributed by atoms with Crippen molar-refractivity contribution in [3.63, 3.8) is 0 Å². The first kappa shape index (κ1) is 17.5. The summed E-state index contributed by atoms with van der Waals surface area (Å²) in [5.74, 6) is -0.969. The number of halogens is 2. The number of amides is 1. The molecular formula is C19H21F2N3O. The molecule has 1 fully saturated rings. The van der Waals surface area contributed by atoms with Gasteiger partial charge in [-0.2, -0.15) is 0 Å². The lowest BCUT2D eigenvalue weighted by Crippen LogP contribution is -2.35. The van der Waals surface area contributed by atoms with E-state index in [9.17, 15) is 13.6 Å². The highest BCUT2D eigenvalue weighted by molar-refractivity contribution is 5.78. The minimum atomic E-state index is -0.489. The molecule has 1 saturated heterocycles. The lowest BCUT2D eigenvalue weighted by Gasteiger charge is -2.25. The number of hydrogen-bond acceptors (Lipinski definition) is 3. The second kappa shape index (κ2) is 8.16. The minimum Gasteiger partial charge on any atom is -0.335 e. The molecule has 132 valence electrons. The van der Waals surface area contributed by atoms with Gasteiger partial charge in [0.25, 0.3) is 0 Å². The van der Waals surface area contributed by atoms with Gasteiger partial charge in [-0.1, -0.05) is 6.07 Å². The Labute approximate surface area is 145 Å². The van der Waals surface area contributed by atoms with Gasteiger partial charge in [0.1, 0.15) is 11.6 Å². The molecule has 1 aromatic heterocycles. The third-order valence-corrected chi connectivity index (χ3v) is 4.49. The number of likely N-dealkylation sites (tertiary alicyclic amines) is 1. The Bertz CT molecular complexity index is 724. The summed E-state index contributed by atoms with van der Waals surface area (Å²) in [7, 11) is 0. The number of rotatable bonds is 7. The molecule has 4 nitrogen and oxygen atoms in total. The van der Waals surface area contributed by atoms with Crippen LogP contribution in [0.5, 0.6) is 0 Å². The molecule has 0 unspecified atom stereocenters. The molecule has 3 rings (SSSR count). The number of nitrogens with one attached hydrogen (secondary N) is 1. The van der Waals surface area contributed by atoms with Crippen molar-refractivity contribution in [1.82, 2.24) is 15.2 Å². The summed E-state index contributed by atoms with van der Waals surface area (Å²) < 4.78 is 27.2. The van der Waals surface area contributed by atoms with Crippen LogP contribution in [-0.2, 0) is 17.9 Å². The van der Waals surface area contributed by atoms with Gasteiger partial charge in [0.2, 0.25) is 5.91 Å². The first-order valence-corrected chi connectivity index (χ1v) is 8.47. The van der Waals surface area contributed by atoms with Crippen LogP contribution in [-0.4, -0.2) is 28.4 Å². The number of benzene rings is 1. The van der Waals surface area contributed by atoms with E-state index in [4.69, 9.17) is 0 Å². The van der Waals surface area contributed by atoms with Crippen molar-refractivity contribution in [3.8, 4) is 0 Å². The zero-order valence-corrected chi connectivity index (χ0v) is 13.9. The Morgan fingerprint density at radius 1 is 1.24 bits per heavy atom. The fourth-order valence-electron chi connectivity index (χ4n) is 3.15. The fraction of sp³-hybridized carbons (Fsp3) is 0.368. The third-order valence-electron chi connectivity index (χ3n) is 4.49. The van der Waals surface area contributed by atoms with E-state index in [-0.39, 0.29) is 24.1 Å². The Balaban J connectivity index is 1.53. The number of nitrogens with zero attached hydrogens (tertiary/aromatic N) is 2. The van der Waals surface area contributed by atoms with Crippen molar-refractivity contribution in [1.29, 1.82) is 0 Å². The number of carbonyl (C=O) groups is 1. The van der Waals surface area contributed by atoms with Crippen molar-refractivity contribution in [2.75, 3.05) is 6.54 Å². The van der Waals surface area contributed by atoms with Gasteiger partial charge in [-0.25, -0.2) is 8.78 Å². The molecular weight excluding hydrogens is 324 g/mol. The average Bonchev–Trinajstić information content (AvgIpc) is 2.96. The second-order valence-corrected chi connectivity index (χ2v) is 6.24. The molecule has 1 aromatic carbocycles. The van der Waals surface area contributed by atoms with Gasteiger partial charge in [-0.15, -0.1) is 0 Å². The first-order chi connectivity index (χ1) is 12.1. The molecule has 1 N–H and O–H groups in total. The molecule has 6 heteroatoms. The zero-order chi connectivity index (χ0) is 17.6. The highest BCUT2D eigenvalue weighted by atomic mass is 19.1. The van der Waals surface area contributed by atoms with Gasteiger partial charge < -0.3 is 10.2 Å². The Hall–Kier alpha value is -2.34. The largest absolute Gasteiger partial charge is 0.335 e. The predicted octanol–water partition coefficient (Wildman–Crippen LogP) is 3.03. The molecule has 1 aliphatic rings. The smallest absolute Gasteiger partial charge is 0.223 e. The molecule has 0 spiro atoms. The summed E-state index contributed by atoms with van der Waals surface area (Å²) >= 11 is 0. The van der Waals surface area contributed by atoms with E-state index < -0.39 is 11.6 Å². The first-order valence-electron chi connectivity index (χ1n) is 8.47. The summed E-state index contributed by atoms with van der Waals surface area (Å²) in [5, 5.41) is 3.31. The summed E-state index contributed by atoms with van der Waals surface area (Å²) in [6, 6.07) is 9.17. The van der Waals surface area contributed by atoms with Crippen molar-refractivity contribution in [2.24, 2.45) is 0 Å². The van der Waals surface area contributed by atoms with Crippen LogP contribution in [0.3, 0.4) is 0 Å². The van der Waals surface area contributed by atoms with Crippen LogP contribution < -0.4 is 5.32 Å². The van der Waals surface area contributed by atoms with Gasteiger partial charge in [-0.3, -0.25) is 9.78 Å². The van der Waals surface area contributed by atoms with E-state index in [1.807, 2.05) is 18.2 Å². The van der Waals surface area contributed by atoms with E-state index >= 15 is 0 Å². The van der Waals surface area contributed by atoms with E-state index in [1.165, 1.54) is 0 Å². The normalized spacial score (nSPS) is 17.3. The van der Waals surface area contributed by atoms with Crippen LogP contribution in [0.25, 0.3) is 0 Å². The van der Waals surface area contributed by atoms with E-state index in [1.54, 1.807) is 11.1 Å². The Kier molecular flexibility index (Phi) is 5.71. The van der Waals surface area contributed by atoms with E-state index in [2.05, 4.69) is 10.3 Å². The number of hydrogen-bond donors (Lipinski definition) is 1. The van der Waals surface area contributed by atoms with Crippen LogP contribution in [0.15, 0.2) is 42.6 Å². The third kappa shape index (κ3) is 4.60. The maximum absolute atomic E-state index is 13.8.